The zero-order valence-electron chi connectivity index (χ0n) is 17.0. The molecule has 2 N–H and O–H groups in total. The minimum Gasteiger partial charge on any atom is -0.412 e. The molecule has 0 heterocycles. The number of fused-ring (bicyclic) bond motifs is 1. The van der Waals surface area contributed by atoms with Gasteiger partial charge >= 0.3 is 0 Å². The summed E-state index contributed by atoms with van der Waals surface area (Å²) in [7, 11) is 0. The van der Waals surface area contributed by atoms with Gasteiger partial charge in [-0.2, -0.15) is 0 Å². The van der Waals surface area contributed by atoms with Gasteiger partial charge in [-0.1, -0.05) is 82.0 Å². The molecule has 0 bridgehead atoms. The second-order valence-corrected chi connectivity index (χ2v) is 7.35. The maximum absolute atomic E-state index is 2.64. The summed E-state index contributed by atoms with van der Waals surface area (Å²) in [5, 5.41) is 2.82. The van der Waals surface area contributed by atoms with Gasteiger partial charge in [-0.3, -0.25) is 0 Å². The van der Waals surface area contributed by atoms with E-state index < -0.39 is 0 Å². The SMILES string of the molecule is CCCN(CCC)CCCCCCCCc1cccc2ccccc12.O. The maximum atomic E-state index is 2.64. The van der Waals surface area contributed by atoms with Crippen molar-refractivity contribution in [3.05, 3.63) is 48.0 Å². The van der Waals surface area contributed by atoms with E-state index in [0.29, 0.717) is 0 Å². The fourth-order valence-electron chi connectivity index (χ4n) is 3.84. The van der Waals surface area contributed by atoms with E-state index in [2.05, 4.69) is 61.2 Å². The van der Waals surface area contributed by atoms with Gasteiger partial charge in [0, 0.05) is 0 Å². The van der Waals surface area contributed by atoms with Crippen LogP contribution in [0.1, 0.15) is 70.8 Å². The molecule has 0 unspecified atom stereocenters. The first kappa shape index (κ1) is 22.7. The van der Waals surface area contributed by atoms with Crippen molar-refractivity contribution in [3.63, 3.8) is 0 Å². The summed E-state index contributed by atoms with van der Waals surface area (Å²) in [6.45, 7) is 8.44. The molecule has 2 aromatic carbocycles. The van der Waals surface area contributed by atoms with E-state index in [9.17, 15) is 0 Å². The van der Waals surface area contributed by atoms with E-state index in [0.717, 1.165) is 0 Å². The minimum atomic E-state index is 0. The molecular weight excluding hydrogens is 318 g/mol. The molecule has 0 amide bonds. The molecule has 0 spiro atoms. The average molecular weight is 358 g/mol. The molecule has 0 aliphatic heterocycles. The van der Waals surface area contributed by atoms with E-state index in [-0.39, 0.29) is 5.48 Å². The molecule has 146 valence electrons. The van der Waals surface area contributed by atoms with E-state index in [1.807, 2.05) is 0 Å². The Morgan fingerprint density at radius 1 is 0.654 bits per heavy atom. The third-order valence-corrected chi connectivity index (χ3v) is 5.13. The Bertz CT molecular complexity index is 584. The highest BCUT2D eigenvalue weighted by atomic mass is 16.0. The van der Waals surface area contributed by atoms with Crippen LogP contribution in [-0.2, 0) is 6.42 Å². The summed E-state index contributed by atoms with van der Waals surface area (Å²) in [5.41, 5.74) is 1.52. The van der Waals surface area contributed by atoms with Crippen molar-refractivity contribution in [1.29, 1.82) is 0 Å². The quantitative estimate of drug-likeness (QED) is 0.404. The van der Waals surface area contributed by atoms with Gasteiger partial charge in [0.05, 0.1) is 0 Å². The van der Waals surface area contributed by atoms with Crippen molar-refractivity contribution in [2.24, 2.45) is 0 Å². The summed E-state index contributed by atoms with van der Waals surface area (Å²) >= 11 is 0. The Labute approximate surface area is 160 Å². The third-order valence-electron chi connectivity index (χ3n) is 5.13. The maximum Gasteiger partial charge on any atom is -0.00187 e. The highest BCUT2D eigenvalue weighted by molar-refractivity contribution is 5.85. The predicted molar refractivity (Wildman–Crippen MR) is 116 cm³/mol. The van der Waals surface area contributed by atoms with Gasteiger partial charge in [0.1, 0.15) is 0 Å². The van der Waals surface area contributed by atoms with Crippen LogP contribution in [0.2, 0.25) is 0 Å². The number of nitrogens with zero attached hydrogens (tertiary/aromatic N) is 1. The Morgan fingerprint density at radius 3 is 2.00 bits per heavy atom. The molecule has 0 fully saturated rings. The lowest BCUT2D eigenvalue weighted by atomic mass is 9.99. The van der Waals surface area contributed by atoms with Crippen LogP contribution in [0, 0.1) is 0 Å². The first-order chi connectivity index (χ1) is 12.3. The van der Waals surface area contributed by atoms with Gasteiger partial charge in [-0.25, -0.2) is 0 Å². The topological polar surface area (TPSA) is 34.7 Å². The fourth-order valence-corrected chi connectivity index (χ4v) is 3.84. The summed E-state index contributed by atoms with van der Waals surface area (Å²) in [6.07, 6.45) is 12.1. The highest BCUT2D eigenvalue weighted by Crippen LogP contribution is 2.20. The summed E-state index contributed by atoms with van der Waals surface area (Å²) in [5.74, 6) is 0. The molecule has 0 saturated carbocycles. The molecule has 2 aromatic rings. The van der Waals surface area contributed by atoms with Crippen LogP contribution in [0.15, 0.2) is 42.5 Å². The van der Waals surface area contributed by atoms with Crippen LogP contribution in [0.3, 0.4) is 0 Å². The van der Waals surface area contributed by atoms with E-state index in [4.69, 9.17) is 0 Å². The minimum absolute atomic E-state index is 0. The average Bonchev–Trinajstić information content (AvgIpc) is 2.64. The van der Waals surface area contributed by atoms with Crippen LogP contribution in [0.5, 0.6) is 0 Å². The third kappa shape index (κ3) is 7.88. The first-order valence-corrected chi connectivity index (χ1v) is 10.5. The Kier molecular flexibility index (Phi) is 12.0. The zero-order valence-corrected chi connectivity index (χ0v) is 17.0. The van der Waals surface area contributed by atoms with Crippen molar-refractivity contribution >= 4 is 10.8 Å². The van der Waals surface area contributed by atoms with E-state index in [1.165, 1.54) is 93.8 Å². The number of hydrogen-bond acceptors (Lipinski definition) is 1. The summed E-state index contributed by atoms with van der Waals surface area (Å²) in [6, 6.07) is 15.5. The number of rotatable bonds is 13. The van der Waals surface area contributed by atoms with Gasteiger partial charge in [0.15, 0.2) is 0 Å². The van der Waals surface area contributed by atoms with Crippen LogP contribution in [-0.4, -0.2) is 30.0 Å². The lowest BCUT2D eigenvalue weighted by molar-refractivity contribution is 0.267. The van der Waals surface area contributed by atoms with Crippen LogP contribution >= 0.6 is 0 Å². The predicted octanol–water partition coefficient (Wildman–Crippen LogP) is 6.02. The van der Waals surface area contributed by atoms with Crippen molar-refractivity contribution in [2.75, 3.05) is 19.6 Å². The van der Waals surface area contributed by atoms with Gasteiger partial charge in [-0.05, 0) is 68.1 Å². The summed E-state index contributed by atoms with van der Waals surface area (Å²) in [4.78, 5) is 2.64. The second-order valence-electron chi connectivity index (χ2n) is 7.35. The molecule has 0 aliphatic rings. The molecular formula is C24H39NO. The van der Waals surface area contributed by atoms with Crippen LogP contribution in [0.25, 0.3) is 10.8 Å². The molecule has 26 heavy (non-hydrogen) atoms. The second kappa shape index (κ2) is 13.8. The fraction of sp³-hybridized carbons (Fsp3) is 0.583. The van der Waals surface area contributed by atoms with Gasteiger partial charge in [0.2, 0.25) is 0 Å². The van der Waals surface area contributed by atoms with E-state index >= 15 is 0 Å². The highest BCUT2D eigenvalue weighted by Gasteiger charge is 2.02. The number of hydrogen-bond donors (Lipinski definition) is 0. The molecule has 0 aliphatic carbocycles. The molecule has 0 atom stereocenters. The largest absolute Gasteiger partial charge is 0.412 e. The lowest BCUT2D eigenvalue weighted by Gasteiger charge is -2.20. The smallest absolute Gasteiger partial charge is 0.00187 e. The monoisotopic (exact) mass is 357 g/mol. The normalized spacial score (nSPS) is 11.0. The Hall–Kier alpha value is -1.38. The van der Waals surface area contributed by atoms with Gasteiger partial charge in [-0.15, -0.1) is 0 Å². The molecule has 2 heteroatoms. The summed E-state index contributed by atoms with van der Waals surface area (Å²) < 4.78 is 0. The van der Waals surface area contributed by atoms with Gasteiger partial charge in [0.25, 0.3) is 0 Å². The first-order valence-electron chi connectivity index (χ1n) is 10.5. The molecule has 0 saturated heterocycles. The van der Waals surface area contributed by atoms with Crippen LogP contribution in [0.4, 0.5) is 0 Å². The number of aryl methyl sites for hydroxylation is 1. The molecule has 0 aromatic heterocycles. The molecule has 2 rings (SSSR count). The number of unbranched alkanes of at least 4 members (excludes halogenated alkanes) is 5. The Balaban J connectivity index is 0.00000338. The standard InChI is InChI=1S/C24H37N.H2O/c1-3-19-25(20-4-2)21-12-8-6-5-7-9-14-22-16-13-17-23-15-10-11-18-24(22)23;/h10-11,13,15-18H,3-9,12,14,19-21H2,1-2H3;1H2. The lowest BCUT2D eigenvalue weighted by Crippen LogP contribution is -2.26. The number of benzene rings is 2. The van der Waals surface area contributed by atoms with Crippen molar-refractivity contribution < 1.29 is 5.48 Å². The van der Waals surface area contributed by atoms with Crippen molar-refractivity contribution in [2.45, 2.75) is 71.6 Å². The van der Waals surface area contributed by atoms with Gasteiger partial charge < -0.3 is 10.4 Å². The zero-order chi connectivity index (χ0) is 17.7. The van der Waals surface area contributed by atoms with Crippen molar-refractivity contribution in [3.8, 4) is 0 Å². The van der Waals surface area contributed by atoms with E-state index in [1.54, 1.807) is 0 Å². The molecule has 2 nitrogen and oxygen atoms in total. The van der Waals surface area contributed by atoms with Crippen LogP contribution < -0.4 is 0 Å². The molecule has 0 radical (unpaired) electrons. The van der Waals surface area contributed by atoms with Crippen molar-refractivity contribution in [1.82, 2.24) is 4.90 Å². The Morgan fingerprint density at radius 2 is 1.27 bits per heavy atom.